The van der Waals surface area contributed by atoms with Crippen LogP contribution in [-0.2, 0) is 11.3 Å². The summed E-state index contributed by atoms with van der Waals surface area (Å²) in [4.78, 5) is 3.54. The number of hydrogen-bond donors (Lipinski definition) is 2. The normalized spacial score (nSPS) is 11.4. The Morgan fingerprint density at radius 2 is 1.88 bits per heavy atom. The molecule has 25 heavy (non-hydrogen) atoms. The van der Waals surface area contributed by atoms with Crippen LogP contribution in [-0.4, -0.2) is 23.8 Å². The van der Waals surface area contributed by atoms with E-state index >= 15 is 0 Å². The molecule has 0 saturated carbocycles. The lowest BCUT2D eigenvalue weighted by Gasteiger charge is -2.06. The van der Waals surface area contributed by atoms with Crippen molar-refractivity contribution in [2.75, 3.05) is 13.7 Å². The number of aromatic nitrogens is 2. The van der Waals surface area contributed by atoms with E-state index in [1.54, 1.807) is 13.2 Å². The summed E-state index contributed by atoms with van der Waals surface area (Å²) in [6, 6.07) is 18.0. The first-order valence-corrected chi connectivity index (χ1v) is 8.49. The average molecular weight is 333 g/mol. The van der Waals surface area contributed by atoms with Gasteiger partial charge in [-0.2, -0.15) is 4.57 Å². The van der Waals surface area contributed by atoms with Crippen LogP contribution in [0.1, 0.15) is 6.42 Å². The van der Waals surface area contributed by atoms with E-state index in [1.165, 1.54) is 5.56 Å². The maximum absolute atomic E-state index is 9.86. The van der Waals surface area contributed by atoms with E-state index in [4.69, 9.17) is 4.74 Å². The van der Waals surface area contributed by atoms with Crippen molar-refractivity contribution in [1.29, 1.82) is 0 Å². The summed E-state index contributed by atoms with van der Waals surface area (Å²) in [5.74, 6) is 0.284. The molecule has 2 aromatic carbocycles. The van der Waals surface area contributed by atoms with E-state index in [1.807, 2.05) is 18.2 Å². The largest absolute Gasteiger partial charge is 0.508 e. The van der Waals surface area contributed by atoms with Gasteiger partial charge in [0.15, 0.2) is 12.7 Å². The first kappa shape index (κ1) is 15.7. The molecule has 0 saturated heterocycles. The number of nitrogens with one attached hydrogen (secondary N) is 1. The molecule has 4 rings (SSSR count). The van der Waals surface area contributed by atoms with Gasteiger partial charge in [-0.1, -0.05) is 18.2 Å². The van der Waals surface area contributed by atoms with Gasteiger partial charge in [0.05, 0.1) is 6.61 Å². The number of nitrogens with zero attached hydrogens (tertiary/aromatic N) is 1. The Morgan fingerprint density at radius 1 is 1.04 bits per heavy atom. The van der Waals surface area contributed by atoms with Crippen molar-refractivity contribution in [2.45, 2.75) is 13.0 Å². The maximum atomic E-state index is 9.86. The van der Waals surface area contributed by atoms with Gasteiger partial charge in [0.2, 0.25) is 5.69 Å². The van der Waals surface area contributed by atoms with Gasteiger partial charge in [0.1, 0.15) is 11.3 Å². The Balaban J connectivity index is 1.97. The summed E-state index contributed by atoms with van der Waals surface area (Å²) in [6.45, 7) is 1.62. The molecule has 0 aliphatic rings. The number of benzene rings is 2. The predicted octanol–water partition coefficient (Wildman–Crippen LogP) is 4.02. The lowest BCUT2D eigenvalue weighted by molar-refractivity contribution is -0.685. The number of H-pyrrole nitrogens is 1. The Morgan fingerprint density at radius 3 is 2.68 bits per heavy atom. The molecule has 0 unspecified atom stereocenters. The van der Waals surface area contributed by atoms with E-state index in [0.717, 1.165) is 47.1 Å². The van der Waals surface area contributed by atoms with Gasteiger partial charge in [-0.05, 0) is 30.3 Å². The van der Waals surface area contributed by atoms with Gasteiger partial charge in [0.25, 0.3) is 0 Å². The Hall–Kier alpha value is -2.85. The van der Waals surface area contributed by atoms with E-state index in [0.29, 0.717) is 0 Å². The monoisotopic (exact) mass is 333 g/mol. The van der Waals surface area contributed by atoms with E-state index < -0.39 is 0 Å². The third kappa shape index (κ3) is 2.85. The van der Waals surface area contributed by atoms with Crippen LogP contribution in [0.2, 0.25) is 0 Å². The van der Waals surface area contributed by atoms with Gasteiger partial charge in [-0.15, -0.1) is 0 Å². The number of methoxy groups -OCH3 is 1. The summed E-state index contributed by atoms with van der Waals surface area (Å²) in [7, 11) is 1.73. The molecular weight excluding hydrogens is 312 g/mol. The van der Waals surface area contributed by atoms with Gasteiger partial charge >= 0.3 is 0 Å². The van der Waals surface area contributed by atoms with E-state index in [2.05, 4.69) is 46.1 Å². The fourth-order valence-corrected chi connectivity index (χ4v) is 3.42. The number of ether oxygens (including phenoxy) is 1. The number of hydrogen-bond acceptors (Lipinski definition) is 2. The second kappa shape index (κ2) is 6.57. The van der Waals surface area contributed by atoms with Crippen molar-refractivity contribution < 1.29 is 14.4 Å². The summed E-state index contributed by atoms with van der Waals surface area (Å²) >= 11 is 0. The molecule has 0 bridgehead atoms. The number of phenols is 1. The third-order valence-electron chi connectivity index (χ3n) is 4.56. The minimum absolute atomic E-state index is 0.284. The molecule has 0 amide bonds. The van der Waals surface area contributed by atoms with E-state index in [-0.39, 0.29) is 5.75 Å². The first-order valence-electron chi connectivity index (χ1n) is 8.49. The van der Waals surface area contributed by atoms with Gasteiger partial charge in [0, 0.05) is 41.4 Å². The molecule has 2 heterocycles. The Labute approximate surface area is 146 Å². The molecule has 126 valence electrons. The van der Waals surface area contributed by atoms with Crippen LogP contribution in [0.15, 0.2) is 60.8 Å². The standard InChI is InChI=1S/C21H20N2O2/c1-25-13-5-11-23-12-10-17-18-14-16(24)8-9-19(18)22-20(17)21(23)15-6-3-2-4-7-15/h2-4,6-10,12,14,24H,5,11,13H2,1H3/p+1. The molecule has 0 spiro atoms. The number of rotatable bonds is 5. The van der Waals surface area contributed by atoms with Crippen molar-refractivity contribution in [1.82, 2.24) is 4.98 Å². The molecule has 0 atom stereocenters. The molecule has 2 aromatic heterocycles. The van der Waals surface area contributed by atoms with Gasteiger partial charge in [-0.3, -0.25) is 0 Å². The highest BCUT2D eigenvalue weighted by Gasteiger charge is 2.20. The maximum Gasteiger partial charge on any atom is 0.236 e. The number of aromatic amines is 1. The first-order chi connectivity index (χ1) is 12.3. The average Bonchev–Trinajstić information content (AvgIpc) is 3.00. The number of pyridine rings is 1. The summed E-state index contributed by atoms with van der Waals surface area (Å²) in [6.07, 6.45) is 3.07. The molecule has 2 N–H and O–H groups in total. The highest BCUT2D eigenvalue weighted by molar-refractivity contribution is 6.10. The highest BCUT2D eigenvalue weighted by atomic mass is 16.5. The van der Waals surface area contributed by atoms with Crippen LogP contribution in [0.5, 0.6) is 5.75 Å². The molecule has 0 radical (unpaired) electrons. The Kier molecular flexibility index (Phi) is 4.12. The van der Waals surface area contributed by atoms with Crippen molar-refractivity contribution >= 4 is 21.8 Å². The number of phenolic OH excluding ortho intramolecular Hbond substituents is 1. The third-order valence-corrected chi connectivity index (χ3v) is 4.56. The van der Waals surface area contributed by atoms with Crippen LogP contribution in [0.4, 0.5) is 0 Å². The highest BCUT2D eigenvalue weighted by Crippen LogP contribution is 2.32. The second-order valence-electron chi connectivity index (χ2n) is 6.21. The molecule has 4 aromatic rings. The van der Waals surface area contributed by atoms with Crippen LogP contribution in [0.3, 0.4) is 0 Å². The van der Waals surface area contributed by atoms with Crippen LogP contribution < -0.4 is 4.57 Å². The fraction of sp³-hybridized carbons (Fsp3) is 0.190. The fourth-order valence-electron chi connectivity index (χ4n) is 3.42. The SMILES string of the molecule is COCCC[n+]1ccc2c([nH]c3ccc(O)cc32)c1-c1ccccc1. The lowest BCUT2D eigenvalue weighted by Crippen LogP contribution is -2.36. The lowest BCUT2D eigenvalue weighted by atomic mass is 10.1. The van der Waals surface area contributed by atoms with Crippen molar-refractivity contribution in [3.63, 3.8) is 0 Å². The molecule has 0 aliphatic heterocycles. The van der Waals surface area contributed by atoms with Gasteiger partial charge in [-0.25, -0.2) is 0 Å². The van der Waals surface area contributed by atoms with Crippen LogP contribution in [0, 0.1) is 0 Å². The number of aromatic hydroxyl groups is 1. The number of fused-ring (bicyclic) bond motifs is 3. The topological polar surface area (TPSA) is 49.1 Å². The smallest absolute Gasteiger partial charge is 0.236 e. The van der Waals surface area contributed by atoms with Crippen molar-refractivity contribution in [2.24, 2.45) is 0 Å². The van der Waals surface area contributed by atoms with Crippen LogP contribution >= 0.6 is 0 Å². The Bertz CT molecular complexity index is 1020. The second-order valence-corrected chi connectivity index (χ2v) is 6.21. The summed E-state index contributed by atoms with van der Waals surface area (Å²) in [5, 5.41) is 12.0. The van der Waals surface area contributed by atoms with Crippen molar-refractivity contribution in [3.05, 3.63) is 60.8 Å². The van der Waals surface area contributed by atoms with Crippen molar-refractivity contribution in [3.8, 4) is 17.0 Å². The zero-order valence-corrected chi connectivity index (χ0v) is 14.2. The minimum Gasteiger partial charge on any atom is -0.508 e. The summed E-state index contributed by atoms with van der Waals surface area (Å²) in [5.41, 5.74) is 4.44. The predicted molar refractivity (Wildman–Crippen MR) is 99.6 cm³/mol. The number of aryl methyl sites for hydroxylation is 1. The van der Waals surface area contributed by atoms with Gasteiger partial charge < -0.3 is 14.8 Å². The molecule has 0 aliphatic carbocycles. The van der Waals surface area contributed by atoms with E-state index in [9.17, 15) is 5.11 Å². The zero-order chi connectivity index (χ0) is 17.2. The molecule has 0 fully saturated rings. The summed E-state index contributed by atoms with van der Waals surface area (Å²) < 4.78 is 7.48. The zero-order valence-electron chi connectivity index (χ0n) is 14.2. The van der Waals surface area contributed by atoms with Crippen LogP contribution in [0.25, 0.3) is 33.1 Å². The molecular formula is C21H21N2O2+. The molecule has 4 heteroatoms. The molecule has 4 nitrogen and oxygen atoms in total. The quantitative estimate of drug-likeness (QED) is 0.428. The minimum atomic E-state index is 0.284.